The number of ether oxygens (including phenoxy) is 2. The first-order chi connectivity index (χ1) is 27.7. The zero-order chi connectivity index (χ0) is 41.9. The van der Waals surface area contributed by atoms with Crippen LogP contribution in [0.5, 0.6) is 0 Å². The fourth-order valence-electron chi connectivity index (χ4n) is 7.91. The summed E-state index contributed by atoms with van der Waals surface area (Å²) in [4.78, 5) is 13.1. The second kappa shape index (κ2) is 36.9. The molecule has 1 fully saturated rings. The summed E-state index contributed by atoms with van der Waals surface area (Å²) in [5, 5.41) is 75.6. The largest absolute Gasteiger partial charge is 0.394 e. The van der Waals surface area contributed by atoms with Crippen molar-refractivity contribution in [1.82, 2.24) is 5.32 Å². The van der Waals surface area contributed by atoms with Crippen molar-refractivity contribution in [2.75, 3.05) is 13.2 Å². The maximum absolute atomic E-state index is 13.1. The number of rotatable bonds is 40. The van der Waals surface area contributed by atoms with Gasteiger partial charge in [-0.25, -0.2) is 0 Å². The summed E-state index contributed by atoms with van der Waals surface area (Å²) in [6.45, 7) is 3.45. The number of aliphatic hydroxyl groups excluding tert-OH is 7. The molecule has 1 heterocycles. The molecule has 0 aromatic rings. The van der Waals surface area contributed by atoms with Gasteiger partial charge in [0, 0.05) is 0 Å². The number of aliphatic hydroxyl groups is 7. The minimum Gasteiger partial charge on any atom is -0.394 e. The standard InChI is InChI=1S/C46H91NO10/c1-3-5-7-9-11-13-15-17-18-19-20-21-22-24-26-28-30-32-34-39(50)45(55)47-37(36-56-46-44(54)43(53)42(52)40(35-48)57-46)41(51)38(49)33-31-29-27-25-23-16-14-12-10-8-6-4-2/h37-44,46,48-54H,3-36H2,1-2H3,(H,47,55). The predicted molar refractivity (Wildman–Crippen MR) is 229 cm³/mol. The molecule has 0 aromatic carbocycles. The van der Waals surface area contributed by atoms with E-state index >= 15 is 0 Å². The van der Waals surface area contributed by atoms with Crippen LogP contribution in [0.25, 0.3) is 0 Å². The molecule has 57 heavy (non-hydrogen) atoms. The lowest BCUT2D eigenvalue weighted by Gasteiger charge is -2.40. The third kappa shape index (κ3) is 26.8. The average Bonchev–Trinajstić information content (AvgIpc) is 3.21. The van der Waals surface area contributed by atoms with E-state index in [0.717, 1.165) is 38.5 Å². The molecular formula is C46H91NO10. The molecule has 9 unspecified atom stereocenters. The average molecular weight is 818 g/mol. The summed E-state index contributed by atoms with van der Waals surface area (Å²) in [5.41, 5.74) is 0. The molecule has 1 saturated heterocycles. The topological polar surface area (TPSA) is 189 Å². The Morgan fingerprint density at radius 2 is 0.912 bits per heavy atom. The molecule has 0 radical (unpaired) electrons. The van der Waals surface area contributed by atoms with Crippen molar-refractivity contribution >= 4 is 5.91 Å². The third-order valence-electron chi connectivity index (χ3n) is 11.9. The predicted octanol–water partition coefficient (Wildman–Crippen LogP) is 7.89. The van der Waals surface area contributed by atoms with Crippen molar-refractivity contribution in [2.24, 2.45) is 0 Å². The van der Waals surface area contributed by atoms with Crippen molar-refractivity contribution in [3.8, 4) is 0 Å². The number of hydrogen-bond donors (Lipinski definition) is 8. The van der Waals surface area contributed by atoms with Crippen LogP contribution in [-0.4, -0.2) is 110 Å². The van der Waals surface area contributed by atoms with Crippen molar-refractivity contribution in [3.63, 3.8) is 0 Å². The number of carbonyl (C=O) groups is 1. The normalized spacial score (nSPS) is 22.0. The van der Waals surface area contributed by atoms with Crippen LogP contribution in [0.4, 0.5) is 0 Å². The van der Waals surface area contributed by atoms with Gasteiger partial charge >= 0.3 is 0 Å². The Kier molecular flexibility index (Phi) is 35.1. The van der Waals surface area contributed by atoms with Gasteiger partial charge in [0.05, 0.1) is 25.4 Å². The molecule has 340 valence electrons. The maximum Gasteiger partial charge on any atom is 0.249 e. The number of hydrogen-bond acceptors (Lipinski definition) is 10. The summed E-state index contributed by atoms with van der Waals surface area (Å²) in [6.07, 6.45) is 25.8. The highest BCUT2D eigenvalue weighted by molar-refractivity contribution is 5.80. The molecule has 9 atom stereocenters. The van der Waals surface area contributed by atoms with Crippen LogP contribution in [0.3, 0.4) is 0 Å². The second-order valence-electron chi connectivity index (χ2n) is 17.2. The van der Waals surface area contributed by atoms with E-state index in [2.05, 4.69) is 19.2 Å². The van der Waals surface area contributed by atoms with Crippen LogP contribution in [0, 0.1) is 0 Å². The van der Waals surface area contributed by atoms with Crippen molar-refractivity contribution in [2.45, 2.75) is 274 Å². The Labute approximate surface area is 348 Å². The molecular weight excluding hydrogens is 727 g/mol. The summed E-state index contributed by atoms with van der Waals surface area (Å²) in [5.74, 6) is -0.694. The summed E-state index contributed by atoms with van der Waals surface area (Å²) >= 11 is 0. The Balaban J connectivity index is 2.41. The highest BCUT2D eigenvalue weighted by Crippen LogP contribution is 2.23. The van der Waals surface area contributed by atoms with E-state index in [1.807, 2.05) is 0 Å². The van der Waals surface area contributed by atoms with Gasteiger partial charge in [-0.15, -0.1) is 0 Å². The Morgan fingerprint density at radius 1 is 0.544 bits per heavy atom. The molecule has 1 rings (SSSR count). The number of amides is 1. The third-order valence-corrected chi connectivity index (χ3v) is 11.9. The van der Waals surface area contributed by atoms with Gasteiger partial charge in [0.25, 0.3) is 0 Å². The fourth-order valence-corrected chi connectivity index (χ4v) is 7.91. The van der Waals surface area contributed by atoms with E-state index in [9.17, 15) is 40.5 Å². The smallest absolute Gasteiger partial charge is 0.249 e. The summed E-state index contributed by atoms with van der Waals surface area (Å²) < 4.78 is 11.1. The van der Waals surface area contributed by atoms with Gasteiger partial charge in [-0.2, -0.15) is 0 Å². The summed E-state index contributed by atoms with van der Waals surface area (Å²) in [7, 11) is 0. The van der Waals surface area contributed by atoms with Gasteiger partial charge < -0.3 is 50.5 Å². The van der Waals surface area contributed by atoms with Gasteiger partial charge in [-0.05, 0) is 12.8 Å². The first-order valence-corrected chi connectivity index (χ1v) is 23.9. The highest BCUT2D eigenvalue weighted by Gasteiger charge is 2.44. The number of carbonyl (C=O) groups excluding carboxylic acids is 1. The second-order valence-corrected chi connectivity index (χ2v) is 17.2. The van der Waals surface area contributed by atoms with Crippen LogP contribution in [0.15, 0.2) is 0 Å². The molecule has 11 nitrogen and oxygen atoms in total. The van der Waals surface area contributed by atoms with E-state index in [0.29, 0.717) is 19.3 Å². The van der Waals surface area contributed by atoms with Crippen LogP contribution in [0.1, 0.15) is 219 Å². The highest BCUT2D eigenvalue weighted by atomic mass is 16.7. The lowest BCUT2D eigenvalue weighted by molar-refractivity contribution is -0.303. The minimum absolute atomic E-state index is 0.266. The van der Waals surface area contributed by atoms with Gasteiger partial charge in [-0.3, -0.25) is 4.79 Å². The summed E-state index contributed by atoms with van der Waals surface area (Å²) in [6, 6.07) is -1.16. The van der Waals surface area contributed by atoms with Crippen LogP contribution in [0.2, 0.25) is 0 Å². The Morgan fingerprint density at radius 3 is 1.30 bits per heavy atom. The van der Waals surface area contributed by atoms with Gasteiger partial charge in [0.15, 0.2) is 6.29 Å². The van der Waals surface area contributed by atoms with Crippen LogP contribution < -0.4 is 5.32 Å². The molecule has 1 aliphatic rings. The number of unbranched alkanes of at least 4 members (excludes halogenated alkanes) is 28. The van der Waals surface area contributed by atoms with Gasteiger partial charge in [-0.1, -0.05) is 206 Å². The van der Waals surface area contributed by atoms with E-state index in [-0.39, 0.29) is 6.42 Å². The fraction of sp³-hybridized carbons (Fsp3) is 0.978. The maximum atomic E-state index is 13.1. The number of nitrogens with one attached hydrogen (secondary N) is 1. The molecule has 1 amide bonds. The molecule has 0 saturated carbocycles. The zero-order valence-electron chi connectivity index (χ0n) is 36.6. The van der Waals surface area contributed by atoms with Crippen LogP contribution >= 0.6 is 0 Å². The molecule has 1 aliphatic heterocycles. The quantitative estimate of drug-likeness (QED) is 0.0283. The first-order valence-electron chi connectivity index (χ1n) is 23.9. The van der Waals surface area contributed by atoms with E-state index in [4.69, 9.17) is 9.47 Å². The Hall–Kier alpha value is -0.890. The zero-order valence-corrected chi connectivity index (χ0v) is 36.6. The van der Waals surface area contributed by atoms with Crippen LogP contribution in [-0.2, 0) is 14.3 Å². The van der Waals surface area contributed by atoms with Gasteiger partial charge in [0.1, 0.15) is 36.6 Å². The van der Waals surface area contributed by atoms with Crippen molar-refractivity contribution < 1.29 is 50.0 Å². The molecule has 0 aliphatic carbocycles. The van der Waals surface area contributed by atoms with Crippen molar-refractivity contribution in [1.29, 1.82) is 0 Å². The monoisotopic (exact) mass is 818 g/mol. The molecule has 0 spiro atoms. The lowest BCUT2D eigenvalue weighted by atomic mass is 9.98. The minimum atomic E-state index is -1.66. The molecule has 11 heteroatoms. The van der Waals surface area contributed by atoms with Gasteiger partial charge in [0.2, 0.25) is 5.91 Å². The SMILES string of the molecule is CCCCCCCCCCCCCCCCCCCCC(O)C(=O)NC(COC1OC(CO)C(O)C(O)C1O)C(O)C(O)CCCCCCCCCCCCCC. The van der Waals surface area contributed by atoms with Crippen molar-refractivity contribution in [3.05, 3.63) is 0 Å². The van der Waals surface area contributed by atoms with E-state index in [1.165, 1.54) is 141 Å². The molecule has 0 aromatic heterocycles. The van der Waals surface area contributed by atoms with E-state index in [1.54, 1.807) is 0 Å². The lowest BCUT2D eigenvalue weighted by Crippen LogP contribution is -2.60. The first kappa shape index (κ1) is 54.1. The Bertz CT molecular complexity index is 897. The molecule has 0 bridgehead atoms. The molecule has 8 N–H and O–H groups in total. The van der Waals surface area contributed by atoms with E-state index < -0.39 is 74.2 Å².